The molecular weight excluding hydrogens is 464 g/mol. The first-order valence-electron chi connectivity index (χ1n) is 11.7. The molecule has 0 spiro atoms. The molecule has 35 heavy (non-hydrogen) atoms. The van der Waals surface area contributed by atoms with Crippen molar-refractivity contribution < 1.29 is 23.8 Å². The lowest BCUT2D eigenvalue weighted by Gasteiger charge is -2.37. The first-order chi connectivity index (χ1) is 17.0. The lowest BCUT2D eigenvalue weighted by Crippen LogP contribution is -2.47. The van der Waals surface area contributed by atoms with Crippen LogP contribution in [0.1, 0.15) is 38.0 Å². The van der Waals surface area contributed by atoms with Gasteiger partial charge in [0.1, 0.15) is 6.54 Å². The SMILES string of the molecule is COCCN(CC(=O)N1CCc2sccc2C1c1ccc(C)cc1)C(=O)c1ccc2c(c1)OCO2. The van der Waals surface area contributed by atoms with Gasteiger partial charge in [-0.2, -0.15) is 0 Å². The zero-order valence-electron chi connectivity index (χ0n) is 19.9. The number of fused-ring (bicyclic) bond motifs is 2. The number of carbonyl (C=O) groups excluding carboxylic acids is 2. The normalized spacial score (nSPS) is 16.2. The van der Waals surface area contributed by atoms with E-state index in [0.29, 0.717) is 36.8 Å². The van der Waals surface area contributed by atoms with Crippen molar-refractivity contribution in [1.82, 2.24) is 9.80 Å². The second-order valence-electron chi connectivity index (χ2n) is 8.74. The summed E-state index contributed by atoms with van der Waals surface area (Å²) in [5.74, 6) is 0.822. The number of carbonyl (C=O) groups is 2. The molecule has 5 rings (SSSR count). The monoisotopic (exact) mass is 492 g/mol. The van der Waals surface area contributed by atoms with Gasteiger partial charge in [0, 0.05) is 30.6 Å². The molecule has 0 N–H and O–H groups in total. The van der Waals surface area contributed by atoms with Crippen molar-refractivity contribution >= 4 is 23.2 Å². The van der Waals surface area contributed by atoms with Crippen molar-refractivity contribution in [3.05, 3.63) is 81.0 Å². The van der Waals surface area contributed by atoms with Crippen LogP contribution in [0.4, 0.5) is 0 Å². The molecule has 3 heterocycles. The van der Waals surface area contributed by atoms with E-state index in [4.69, 9.17) is 14.2 Å². The van der Waals surface area contributed by atoms with Crippen LogP contribution in [-0.4, -0.2) is 61.8 Å². The number of rotatable bonds is 7. The number of amides is 2. The number of benzene rings is 2. The zero-order valence-corrected chi connectivity index (χ0v) is 20.7. The number of ether oxygens (including phenoxy) is 3. The summed E-state index contributed by atoms with van der Waals surface area (Å²) < 4.78 is 16.0. The Morgan fingerprint density at radius 1 is 1.11 bits per heavy atom. The Morgan fingerprint density at radius 2 is 1.91 bits per heavy atom. The molecule has 1 atom stereocenters. The van der Waals surface area contributed by atoms with Gasteiger partial charge in [-0.3, -0.25) is 9.59 Å². The maximum atomic E-state index is 13.7. The molecule has 0 aliphatic carbocycles. The highest BCUT2D eigenvalue weighted by atomic mass is 32.1. The smallest absolute Gasteiger partial charge is 0.254 e. The van der Waals surface area contributed by atoms with Gasteiger partial charge in [0.05, 0.1) is 12.6 Å². The minimum absolute atomic E-state index is 0.0293. The third-order valence-corrected chi connectivity index (χ3v) is 7.47. The van der Waals surface area contributed by atoms with E-state index >= 15 is 0 Å². The number of aryl methyl sites for hydroxylation is 1. The number of hydrogen-bond acceptors (Lipinski definition) is 6. The molecule has 0 fully saturated rings. The van der Waals surface area contributed by atoms with Gasteiger partial charge in [0.25, 0.3) is 5.91 Å². The second-order valence-corrected chi connectivity index (χ2v) is 9.74. The van der Waals surface area contributed by atoms with E-state index in [1.165, 1.54) is 16.0 Å². The molecule has 182 valence electrons. The van der Waals surface area contributed by atoms with Crippen LogP contribution in [0.25, 0.3) is 0 Å². The first kappa shape index (κ1) is 23.4. The van der Waals surface area contributed by atoms with Crippen molar-refractivity contribution in [1.29, 1.82) is 0 Å². The molecule has 2 aliphatic rings. The van der Waals surface area contributed by atoms with Gasteiger partial charge >= 0.3 is 0 Å². The molecule has 8 heteroatoms. The molecule has 1 unspecified atom stereocenters. The summed E-state index contributed by atoms with van der Waals surface area (Å²) in [5, 5.41) is 2.09. The summed E-state index contributed by atoms with van der Waals surface area (Å²) >= 11 is 1.74. The van der Waals surface area contributed by atoms with Crippen LogP contribution in [0, 0.1) is 6.92 Å². The summed E-state index contributed by atoms with van der Waals surface area (Å²) in [7, 11) is 1.58. The Bertz CT molecular complexity index is 1220. The van der Waals surface area contributed by atoms with Crippen molar-refractivity contribution in [2.75, 3.05) is 40.1 Å². The number of thiophene rings is 1. The first-order valence-corrected chi connectivity index (χ1v) is 12.5. The van der Waals surface area contributed by atoms with Gasteiger partial charge in [-0.1, -0.05) is 29.8 Å². The summed E-state index contributed by atoms with van der Waals surface area (Å²) in [5.41, 5.74) is 3.87. The molecular formula is C27H28N2O5S. The van der Waals surface area contributed by atoms with Crippen LogP contribution >= 0.6 is 11.3 Å². The summed E-state index contributed by atoms with van der Waals surface area (Å²) in [6.07, 6.45) is 0.815. The zero-order chi connectivity index (χ0) is 24.4. The number of nitrogens with zero attached hydrogens (tertiary/aromatic N) is 2. The van der Waals surface area contributed by atoms with E-state index < -0.39 is 0 Å². The molecule has 2 aromatic carbocycles. The predicted octanol–water partition coefficient (Wildman–Crippen LogP) is 4.05. The third-order valence-electron chi connectivity index (χ3n) is 6.48. The fourth-order valence-corrected chi connectivity index (χ4v) is 5.52. The highest BCUT2D eigenvalue weighted by Gasteiger charge is 2.34. The van der Waals surface area contributed by atoms with Gasteiger partial charge in [-0.05, 0) is 54.1 Å². The number of hydrogen-bond donors (Lipinski definition) is 0. The van der Waals surface area contributed by atoms with Crippen molar-refractivity contribution in [3.63, 3.8) is 0 Å². The van der Waals surface area contributed by atoms with Crippen LogP contribution in [0.3, 0.4) is 0 Å². The number of methoxy groups -OCH3 is 1. The van der Waals surface area contributed by atoms with Gasteiger partial charge in [-0.25, -0.2) is 0 Å². The van der Waals surface area contributed by atoms with E-state index in [-0.39, 0.29) is 31.2 Å². The van der Waals surface area contributed by atoms with E-state index in [0.717, 1.165) is 12.0 Å². The Balaban J connectivity index is 1.40. The topological polar surface area (TPSA) is 68.3 Å². The van der Waals surface area contributed by atoms with Crippen LogP contribution in [-0.2, 0) is 16.0 Å². The summed E-state index contributed by atoms with van der Waals surface area (Å²) in [6, 6.07) is 15.4. The minimum atomic E-state index is -0.242. The van der Waals surface area contributed by atoms with Gasteiger partial charge in [-0.15, -0.1) is 11.3 Å². The average molecular weight is 493 g/mol. The van der Waals surface area contributed by atoms with Crippen LogP contribution in [0.2, 0.25) is 0 Å². The molecule has 3 aromatic rings. The van der Waals surface area contributed by atoms with E-state index in [1.54, 1.807) is 41.5 Å². The Hall–Kier alpha value is -3.36. The van der Waals surface area contributed by atoms with Gasteiger partial charge < -0.3 is 24.0 Å². The lowest BCUT2D eigenvalue weighted by atomic mass is 9.92. The fourth-order valence-electron chi connectivity index (χ4n) is 4.61. The molecule has 2 aliphatic heterocycles. The molecule has 2 amide bonds. The maximum absolute atomic E-state index is 13.7. The van der Waals surface area contributed by atoms with E-state index in [2.05, 4.69) is 42.6 Å². The van der Waals surface area contributed by atoms with Gasteiger partial charge in [0.15, 0.2) is 11.5 Å². The molecule has 0 saturated heterocycles. The Morgan fingerprint density at radius 3 is 2.71 bits per heavy atom. The van der Waals surface area contributed by atoms with Crippen molar-refractivity contribution in [2.24, 2.45) is 0 Å². The second kappa shape index (κ2) is 10.1. The van der Waals surface area contributed by atoms with Crippen LogP contribution < -0.4 is 9.47 Å². The predicted molar refractivity (Wildman–Crippen MR) is 133 cm³/mol. The van der Waals surface area contributed by atoms with Crippen LogP contribution in [0.5, 0.6) is 11.5 Å². The van der Waals surface area contributed by atoms with Crippen molar-refractivity contribution in [3.8, 4) is 11.5 Å². The largest absolute Gasteiger partial charge is 0.454 e. The molecule has 0 saturated carbocycles. The maximum Gasteiger partial charge on any atom is 0.254 e. The quantitative estimate of drug-likeness (QED) is 0.498. The minimum Gasteiger partial charge on any atom is -0.454 e. The van der Waals surface area contributed by atoms with E-state index in [1.807, 2.05) is 4.90 Å². The van der Waals surface area contributed by atoms with Crippen LogP contribution in [0.15, 0.2) is 53.9 Å². The van der Waals surface area contributed by atoms with Crippen molar-refractivity contribution in [2.45, 2.75) is 19.4 Å². The third kappa shape index (κ3) is 4.76. The highest BCUT2D eigenvalue weighted by molar-refractivity contribution is 7.10. The molecule has 0 bridgehead atoms. The highest BCUT2D eigenvalue weighted by Crippen LogP contribution is 2.38. The Labute approximate surface area is 208 Å². The Kier molecular flexibility index (Phi) is 6.74. The van der Waals surface area contributed by atoms with E-state index in [9.17, 15) is 9.59 Å². The summed E-state index contributed by atoms with van der Waals surface area (Å²) in [6.45, 7) is 3.42. The van der Waals surface area contributed by atoms with Gasteiger partial charge in [0.2, 0.25) is 12.7 Å². The lowest BCUT2D eigenvalue weighted by molar-refractivity contribution is -0.134. The summed E-state index contributed by atoms with van der Waals surface area (Å²) in [4.78, 5) is 31.9. The fraction of sp³-hybridized carbons (Fsp3) is 0.333. The molecule has 1 aromatic heterocycles. The average Bonchev–Trinajstić information content (AvgIpc) is 3.55. The molecule has 0 radical (unpaired) electrons. The molecule has 7 nitrogen and oxygen atoms in total. The standard InChI is InChI=1S/C27H28N2O5S/c1-18-3-5-19(6-4-18)26-21-10-14-35-24(21)9-11-29(26)25(30)16-28(12-13-32-2)27(31)20-7-8-22-23(15-20)34-17-33-22/h3-8,10,14-15,26H,9,11-13,16-17H2,1-2H3.